The van der Waals surface area contributed by atoms with Gasteiger partial charge in [0, 0.05) is 30.9 Å². The van der Waals surface area contributed by atoms with Crippen molar-refractivity contribution in [2.75, 3.05) is 18.5 Å². The van der Waals surface area contributed by atoms with Crippen molar-refractivity contribution >= 4 is 17.5 Å². The molecule has 20 heavy (non-hydrogen) atoms. The Morgan fingerprint density at radius 1 is 1.20 bits per heavy atom. The molecule has 0 unspecified atom stereocenters. The third-order valence-electron chi connectivity index (χ3n) is 3.57. The first kappa shape index (κ1) is 14.5. The van der Waals surface area contributed by atoms with Crippen LogP contribution in [0.5, 0.6) is 0 Å². The lowest BCUT2D eigenvalue weighted by atomic mass is 9.95. The van der Waals surface area contributed by atoms with E-state index in [-0.39, 0.29) is 5.91 Å². The Hall–Kier alpha value is -1.88. The van der Waals surface area contributed by atoms with Crippen LogP contribution < -0.4 is 11.1 Å². The van der Waals surface area contributed by atoms with Crippen molar-refractivity contribution in [3.05, 3.63) is 29.8 Å². The predicted molar refractivity (Wildman–Crippen MR) is 76.4 cm³/mol. The molecular weight excluding hydrogens is 256 g/mol. The van der Waals surface area contributed by atoms with Gasteiger partial charge in [-0.1, -0.05) is 0 Å². The van der Waals surface area contributed by atoms with Gasteiger partial charge in [0.1, 0.15) is 0 Å². The molecule has 1 saturated heterocycles. The van der Waals surface area contributed by atoms with Gasteiger partial charge >= 0.3 is 0 Å². The SMILES string of the molecule is NC(=O)c1ccc(NC(=O)CCC2CCOCC2)cc1. The molecule has 1 aromatic rings. The number of ether oxygens (including phenoxy) is 1. The molecule has 2 amide bonds. The van der Waals surface area contributed by atoms with E-state index in [1.165, 1.54) is 0 Å². The van der Waals surface area contributed by atoms with Crippen LogP contribution >= 0.6 is 0 Å². The van der Waals surface area contributed by atoms with Crippen LogP contribution in [0.1, 0.15) is 36.0 Å². The van der Waals surface area contributed by atoms with Gasteiger partial charge in [-0.15, -0.1) is 0 Å². The minimum atomic E-state index is -0.470. The molecule has 0 aliphatic carbocycles. The fraction of sp³-hybridized carbons (Fsp3) is 0.467. The zero-order chi connectivity index (χ0) is 14.4. The minimum Gasteiger partial charge on any atom is -0.381 e. The number of hydrogen-bond acceptors (Lipinski definition) is 3. The second kappa shape index (κ2) is 7.05. The van der Waals surface area contributed by atoms with Gasteiger partial charge in [-0.25, -0.2) is 0 Å². The van der Waals surface area contributed by atoms with Crippen LogP contribution in [0, 0.1) is 5.92 Å². The monoisotopic (exact) mass is 276 g/mol. The Bertz CT molecular complexity index is 465. The highest BCUT2D eigenvalue weighted by atomic mass is 16.5. The van der Waals surface area contributed by atoms with Crippen LogP contribution in [0.2, 0.25) is 0 Å². The lowest BCUT2D eigenvalue weighted by Crippen LogP contribution is -2.18. The molecule has 1 heterocycles. The first-order valence-corrected chi connectivity index (χ1v) is 6.92. The van der Waals surface area contributed by atoms with Crippen molar-refractivity contribution in [1.82, 2.24) is 0 Å². The predicted octanol–water partition coefficient (Wildman–Crippen LogP) is 1.93. The van der Waals surface area contributed by atoms with E-state index in [0.29, 0.717) is 23.6 Å². The zero-order valence-electron chi connectivity index (χ0n) is 11.4. The molecule has 2 rings (SSSR count). The summed E-state index contributed by atoms with van der Waals surface area (Å²) < 4.78 is 5.29. The minimum absolute atomic E-state index is 0.00307. The summed E-state index contributed by atoms with van der Waals surface area (Å²) in [5.41, 5.74) is 6.28. The molecule has 5 heteroatoms. The normalized spacial score (nSPS) is 15.8. The molecule has 0 atom stereocenters. The summed E-state index contributed by atoms with van der Waals surface area (Å²) >= 11 is 0. The Kier molecular flexibility index (Phi) is 5.12. The van der Waals surface area contributed by atoms with E-state index in [9.17, 15) is 9.59 Å². The Labute approximate surface area is 118 Å². The van der Waals surface area contributed by atoms with Gasteiger partial charge in [0.25, 0.3) is 0 Å². The molecule has 1 aliphatic rings. The Balaban J connectivity index is 1.77. The molecule has 3 N–H and O–H groups in total. The highest BCUT2D eigenvalue weighted by molar-refractivity contribution is 5.94. The zero-order valence-corrected chi connectivity index (χ0v) is 11.4. The highest BCUT2D eigenvalue weighted by Gasteiger charge is 2.15. The number of benzene rings is 1. The maximum atomic E-state index is 11.8. The molecule has 0 saturated carbocycles. The summed E-state index contributed by atoms with van der Waals surface area (Å²) in [5, 5.41) is 2.83. The first-order chi connectivity index (χ1) is 9.65. The molecule has 0 radical (unpaired) electrons. The lowest BCUT2D eigenvalue weighted by Gasteiger charge is -2.21. The number of nitrogens with two attached hydrogens (primary N) is 1. The molecule has 1 fully saturated rings. The van der Waals surface area contributed by atoms with E-state index in [0.717, 1.165) is 32.5 Å². The second-order valence-corrected chi connectivity index (χ2v) is 5.08. The molecule has 0 aromatic heterocycles. The van der Waals surface area contributed by atoms with E-state index in [1.54, 1.807) is 24.3 Å². The number of carbonyl (C=O) groups excluding carboxylic acids is 2. The maximum absolute atomic E-state index is 11.8. The first-order valence-electron chi connectivity index (χ1n) is 6.92. The smallest absolute Gasteiger partial charge is 0.248 e. The molecule has 5 nitrogen and oxygen atoms in total. The Morgan fingerprint density at radius 3 is 2.45 bits per heavy atom. The third-order valence-corrected chi connectivity index (χ3v) is 3.57. The number of rotatable bonds is 5. The van der Waals surface area contributed by atoms with E-state index in [2.05, 4.69) is 5.32 Å². The van der Waals surface area contributed by atoms with Crippen molar-refractivity contribution in [3.63, 3.8) is 0 Å². The summed E-state index contributed by atoms with van der Waals surface area (Å²) in [5.74, 6) is 0.123. The number of anilines is 1. The summed E-state index contributed by atoms with van der Waals surface area (Å²) in [7, 11) is 0. The second-order valence-electron chi connectivity index (χ2n) is 5.08. The topological polar surface area (TPSA) is 81.4 Å². The summed E-state index contributed by atoms with van der Waals surface area (Å²) in [6, 6.07) is 6.59. The fourth-order valence-corrected chi connectivity index (χ4v) is 2.31. The lowest BCUT2D eigenvalue weighted by molar-refractivity contribution is -0.116. The fourth-order valence-electron chi connectivity index (χ4n) is 2.31. The summed E-state index contributed by atoms with van der Waals surface area (Å²) in [6.07, 6.45) is 3.50. The molecule has 0 spiro atoms. The number of nitrogens with one attached hydrogen (secondary N) is 1. The van der Waals surface area contributed by atoms with E-state index >= 15 is 0 Å². The van der Waals surface area contributed by atoms with Crippen LogP contribution in [0.3, 0.4) is 0 Å². The van der Waals surface area contributed by atoms with Gasteiger partial charge in [0.05, 0.1) is 0 Å². The van der Waals surface area contributed by atoms with Crippen molar-refractivity contribution in [2.24, 2.45) is 11.7 Å². The van der Waals surface area contributed by atoms with Gasteiger partial charge in [-0.2, -0.15) is 0 Å². The number of hydrogen-bond donors (Lipinski definition) is 2. The van der Waals surface area contributed by atoms with Gasteiger partial charge in [-0.05, 0) is 49.4 Å². The Morgan fingerprint density at radius 2 is 1.85 bits per heavy atom. The van der Waals surface area contributed by atoms with Crippen molar-refractivity contribution < 1.29 is 14.3 Å². The third kappa shape index (κ3) is 4.35. The maximum Gasteiger partial charge on any atom is 0.248 e. The average Bonchev–Trinajstić information content (AvgIpc) is 2.47. The van der Waals surface area contributed by atoms with Crippen LogP contribution in [0.4, 0.5) is 5.69 Å². The largest absolute Gasteiger partial charge is 0.381 e. The van der Waals surface area contributed by atoms with Crippen LogP contribution in [0.15, 0.2) is 24.3 Å². The van der Waals surface area contributed by atoms with Gasteiger partial charge < -0.3 is 15.8 Å². The van der Waals surface area contributed by atoms with Gasteiger partial charge in [-0.3, -0.25) is 9.59 Å². The average molecular weight is 276 g/mol. The van der Waals surface area contributed by atoms with Crippen LogP contribution in [0.25, 0.3) is 0 Å². The highest BCUT2D eigenvalue weighted by Crippen LogP contribution is 2.20. The van der Waals surface area contributed by atoms with Crippen molar-refractivity contribution in [1.29, 1.82) is 0 Å². The van der Waals surface area contributed by atoms with Crippen molar-refractivity contribution in [3.8, 4) is 0 Å². The number of carbonyl (C=O) groups is 2. The van der Waals surface area contributed by atoms with Crippen LogP contribution in [-0.2, 0) is 9.53 Å². The quantitative estimate of drug-likeness (QED) is 0.862. The van der Waals surface area contributed by atoms with E-state index in [1.807, 2.05) is 0 Å². The molecule has 1 aromatic carbocycles. The number of amides is 2. The van der Waals surface area contributed by atoms with Gasteiger partial charge in [0.2, 0.25) is 11.8 Å². The molecule has 108 valence electrons. The van der Waals surface area contributed by atoms with Crippen molar-refractivity contribution in [2.45, 2.75) is 25.7 Å². The van der Waals surface area contributed by atoms with Gasteiger partial charge in [0.15, 0.2) is 0 Å². The summed E-state index contributed by atoms with van der Waals surface area (Å²) in [6.45, 7) is 1.61. The summed E-state index contributed by atoms with van der Waals surface area (Å²) in [4.78, 5) is 22.8. The van der Waals surface area contributed by atoms with Crippen LogP contribution in [-0.4, -0.2) is 25.0 Å². The van der Waals surface area contributed by atoms with E-state index < -0.39 is 5.91 Å². The molecule has 1 aliphatic heterocycles. The standard InChI is InChI=1S/C15H20N2O3/c16-15(19)12-2-4-13(5-3-12)17-14(18)6-1-11-7-9-20-10-8-11/h2-5,11H,1,6-10H2,(H2,16,19)(H,17,18). The van der Waals surface area contributed by atoms with E-state index in [4.69, 9.17) is 10.5 Å². The molecule has 0 bridgehead atoms. The number of primary amides is 1. The molecular formula is C15H20N2O3.